The van der Waals surface area contributed by atoms with Crippen molar-refractivity contribution >= 4 is 44.8 Å². The largest absolute Gasteiger partial charge is 0.456 e. The van der Waals surface area contributed by atoms with E-state index < -0.39 is 0 Å². The summed E-state index contributed by atoms with van der Waals surface area (Å²) in [6.07, 6.45) is 0. The highest BCUT2D eigenvalue weighted by Gasteiger charge is 2.14. The van der Waals surface area contributed by atoms with E-state index in [9.17, 15) is 0 Å². The molecule has 0 aliphatic carbocycles. The van der Waals surface area contributed by atoms with Gasteiger partial charge in [0, 0.05) is 10.0 Å². The highest BCUT2D eigenvalue weighted by atomic mass is 79.9. The summed E-state index contributed by atoms with van der Waals surface area (Å²) in [5.41, 5.74) is 6.51. The average Bonchev–Trinajstić information content (AvgIpc) is 2.58. The number of rotatable bonds is 4. The number of ether oxygens (including phenoxy) is 2. The Labute approximate surface area is 158 Å². The normalized spacial score (nSPS) is 10.5. The SMILES string of the molecule is Nc1ccc(Oc2ccc(Cl)cc2)c(Br)c1Oc1ccc(Cl)cc1. The molecule has 3 nitrogen and oxygen atoms in total. The van der Waals surface area contributed by atoms with Crippen LogP contribution in [0.4, 0.5) is 5.69 Å². The summed E-state index contributed by atoms with van der Waals surface area (Å²) >= 11 is 15.3. The number of hydrogen-bond donors (Lipinski definition) is 1. The van der Waals surface area contributed by atoms with Crippen LogP contribution >= 0.6 is 39.1 Å². The lowest BCUT2D eigenvalue weighted by atomic mass is 10.2. The molecule has 0 saturated heterocycles. The lowest BCUT2D eigenvalue weighted by Crippen LogP contribution is -1.95. The predicted molar refractivity (Wildman–Crippen MR) is 102 cm³/mol. The van der Waals surface area contributed by atoms with Crippen LogP contribution in [-0.4, -0.2) is 0 Å². The van der Waals surface area contributed by atoms with Crippen LogP contribution in [0.25, 0.3) is 0 Å². The molecule has 0 radical (unpaired) electrons. The minimum absolute atomic E-state index is 0.476. The molecule has 24 heavy (non-hydrogen) atoms. The Morgan fingerprint density at radius 1 is 0.708 bits per heavy atom. The monoisotopic (exact) mass is 423 g/mol. The molecule has 0 unspecified atom stereocenters. The maximum atomic E-state index is 6.03. The van der Waals surface area contributed by atoms with Gasteiger partial charge in [0.05, 0.1) is 5.69 Å². The van der Waals surface area contributed by atoms with Crippen molar-refractivity contribution in [2.45, 2.75) is 0 Å². The van der Waals surface area contributed by atoms with Crippen LogP contribution in [0.2, 0.25) is 10.0 Å². The van der Waals surface area contributed by atoms with Gasteiger partial charge in [0.15, 0.2) is 5.75 Å². The third-order valence-electron chi connectivity index (χ3n) is 3.17. The molecule has 3 aromatic carbocycles. The van der Waals surface area contributed by atoms with Crippen molar-refractivity contribution in [3.63, 3.8) is 0 Å². The Morgan fingerprint density at radius 3 is 1.75 bits per heavy atom. The molecule has 0 aliphatic rings. The van der Waals surface area contributed by atoms with E-state index in [-0.39, 0.29) is 0 Å². The molecule has 0 spiro atoms. The molecular weight excluding hydrogens is 413 g/mol. The van der Waals surface area contributed by atoms with E-state index in [1.165, 1.54) is 0 Å². The lowest BCUT2D eigenvalue weighted by Gasteiger charge is -2.14. The van der Waals surface area contributed by atoms with Crippen molar-refractivity contribution in [3.05, 3.63) is 75.2 Å². The van der Waals surface area contributed by atoms with Gasteiger partial charge in [0.25, 0.3) is 0 Å². The first-order chi connectivity index (χ1) is 11.5. The predicted octanol–water partition coefficient (Wildman–Crippen LogP) is 6.92. The number of halogens is 3. The summed E-state index contributed by atoms with van der Waals surface area (Å²) in [7, 11) is 0. The molecule has 0 heterocycles. The maximum absolute atomic E-state index is 6.03. The number of benzene rings is 3. The van der Waals surface area contributed by atoms with Crippen LogP contribution < -0.4 is 15.2 Å². The number of nitrogen functional groups attached to an aromatic ring is 1. The van der Waals surface area contributed by atoms with Crippen LogP contribution in [0.1, 0.15) is 0 Å². The standard InChI is InChI=1S/C18H12BrCl2NO2/c19-17-16(23-13-5-1-11(20)2-6-13)10-9-15(22)18(17)24-14-7-3-12(21)4-8-14/h1-10H,22H2. The van der Waals surface area contributed by atoms with Crippen molar-refractivity contribution in [2.75, 3.05) is 5.73 Å². The van der Waals surface area contributed by atoms with Gasteiger partial charge in [-0.25, -0.2) is 0 Å². The smallest absolute Gasteiger partial charge is 0.168 e. The lowest BCUT2D eigenvalue weighted by molar-refractivity contribution is 0.456. The topological polar surface area (TPSA) is 44.5 Å². The second kappa shape index (κ2) is 7.34. The second-order valence-corrected chi connectivity index (χ2v) is 6.57. The van der Waals surface area contributed by atoms with Crippen LogP contribution in [0.5, 0.6) is 23.0 Å². The van der Waals surface area contributed by atoms with E-state index in [0.29, 0.717) is 43.2 Å². The van der Waals surface area contributed by atoms with E-state index >= 15 is 0 Å². The van der Waals surface area contributed by atoms with Gasteiger partial charge in [-0.3, -0.25) is 0 Å². The molecule has 0 bridgehead atoms. The molecule has 0 aromatic heterocycles. The summed E-state index contributed by atoms with van der Waals surface area (Å²) in [6.45, 7) is 0. The maximum Gasteiger partial charge on any atom is 0.168 e. The zero-order valence-electron chi connectivity index (χ0n) is 12.3. The minimum atomic E-state index is 0.476. The molecule has 0 fully saturated rings. The third kappa shape index (κ3) is 3.96. The zero-order chi connectivity index (χ0) is 17.1. The Hall–Kier alpha value is -1.88. The van der Waals surface area contributed by atoms with Gasteiger partial charge in [-0.05, 0) is 76.6 Å². The Bertz CT molecular complexity index is 852. The molecule has 0 saturated carbocycles. The van der Waals surface area contributed by atoms with Gasteiger partial charge < -0.3 is 15.2 Å². The quantitative estimate of drug-likeness (QED) is 0.462. The summed E-state index contributed by atoms with van der Waals surface area (Å²) < 4.78 is 12.3. The van der Waals surface area contributed by atoms with E-state index in [2.05, 4.69) is 15.9 Å². The van der Waals surface area contributed by atoms with E-state index in [1.54, 1.807) is 60.7 Å². The van der Waals surface area contributed by atoms with E-state index in [4.69, 9.17) is 38.4 Å². The Kier molecular flexibility index (Phi) is 5.19. The molecule has 0 atom stereocenters. The number of anilines is 1. The fourth-order valence-corrected chi connectivity index (χ4v) is 2.76. The Balaban J connectivity index is 1.89. The first-order valence-electron chi connectivity index (χ1n) is 6.98. The van der Waals surface area contributed by atoms with Crippen LogP contribution in [0.15, 0.2) is 65.1 Å². The molecule has 0 amide bonds. The van der Waals surface area contributed by atoms with Crippen molar-refractivity contribution in [1.82, 2.24) is 0 Å². The highest BCUT2D eigenvalue weighted by molar-refractivity contribution is 9.10. The molecule has 6 heteroatoms. The van der Waals surface area contributed by atoms with Gasteiger partial charge in [-0.2, -0.15) is 0 Å². The first-order valence-corrected chi connectivity index (χ1v) is 8.52. The van der Waals surface area contributed by atoms with Gasteiger partial charge in [0.1, 0.15) is 21.7 Å². The van der Waals surface area contributed by atoms with E-state index in [0.717, 1.165) is 0 Å². The van der Waals surface area contributed by atoms with Crippen molar-refractivity contribution in [3.8, 4) is 23.0 Å². The second-order valence-electron chi connectivity index (χ2n) is 4.91. The van der Waals surface area contributed by atoms with Gasteiger partial charge in [-0.15, -0.1) is 0 Å². The molecule has 0 aliphatic heterocycles. The summed E-state index contributed by atoms with van der Waals surface area (Å²) in [4.78, 5) is 0. The van der Waals surface area contributed by atoms with Crippen molar-refractivity contribution in [1.29, 1.82) is 0 Å². The molecule has 3 rings (SSSR count). The molecule has 122 valence electrons. The van der Waals surface area contributed by atoms with Crippen LogP contribution in [-0.2, 0) is 0 Å². The minimum Gasteiger partial charge on any atom is -0.456 e. The van der Waals surface area contributed by atoms with Gasteiger partial charge >= 0.3 is 0 Å². The van der Waals surface area contributed by atoms with Crippen LogP contribution in [0, 0.1) is 0 Å². The van der Waals surface area contributed by atoms with Crippen LogP contribution in [0.3, 0.4) is 0 Å². The van der Waals surface area contributed by atoms with E-state index in [1.807, 2.05) is 0 Å². The number of hydrogen-bond acceptors (Lipinski definition) is 3. The van der Waals surface area contributed by atoms with Crippen molar-refractivity contribution < 1.29 is 9.47 Å². The van der Waals surface area contributed by atoms with Gasteiger partial charge in [0.2, 0.25) is 0 Å². The third-order valence-corrected chi connectivity index (χ3v) is 4.42. The molecule has 2 N–H and O–H groups in total. The summed E-state index contributed by atoms with van der Waals surface area (Å²) in [5, 5.41) is 1.28. The fraction of sp³-hybridized carbons (Fsp3) is 0. The molecular formula is C18H12BrCl2NO2. The Morgan fingerprint density at radius 2 is 1.21 bits per heavy atom. The highest BCUT2D eigenvalue weighted by Crippen LogP contribution is 2.43. The first kappa shape index (κ1) is 17.0. The fourth-order valence-electron chi connectivity index (χ4n) is 1.99. The molecule has 3 aromatic rings. The summed E-state index contributed by atoms with van der Waals surface area (Å²) in [6, 6.07) is 17.6. The van der Waals surface area contributed by atoms with Gasteiger partial charge in [-0.1, -0.05) is 23.2 Å². The number of nitrogens with two attached hydrogens (primary N) is 1. The average molecular weight is 425 g/mol. The van der Waals surface area contributed by atoms with Crippen molar-refractivity contribution in [2.24, 2.45) is 0 Å². The zero-order valence-corrected chi connectivity index (χ0v) is 15.4. The summed E-state index contributed by atoms with van der Waals surface area (Å²) in [5.74, 6) is 2.33.